The molecule has 3 nitrogen and oxygen atoms in total. The molecule has 0 aliphatic carbocycles. The summed E-state index contributed by atoms with van der Waals surface area (Å²) in [6.45, 7) is 2.16. The van der Waals surface area contributed by atoms with Crippen LogP contribution in [-0.4, -0.2) is 23.3 Å². The Labute approximate surface area is 102 Å². The van der Waals surface area contributed by atoms with Crippen LogP contribution in [0.3, 0.4) is 0 Å². The van der Waals surface area contributed by atoms with Crippen molar-refractivity contribution in [3.05, 3.63) is 36.0 Å². The zero-order chi connectivity index (χ0) is 12.1. The van der Waals surface area contributed by atoms with E-state index < -0.39 is 0 Å². The van der Waals surface area contributed by atoms with E-state index in [4.69, 9.17) is 5.11 Å². The Bertz CT molecular complexity index is 476. The highest BCUT2D eigenvalue weighted by atomic mass is 16.2. The lowest BCUT2D eigenvalue weighted by Crippen LogP contribution is -2.05. The first-order chi connectivity index (χ1) is 8.35. The molecule has 0 radical (unpaired) electrons. The molecule has 0 aliphatic heterocycles. The Morgan fingerprint density at radius 3 is 2.88 bits per heavy atom. The second kappa shape index (κ2) is 5.84. The summed E-state index contributed by atoms with van der Waals surface area (Å²) in [7, 11) is 1.96. The van der Waals surface area contributed by atoms with E-state index in [0.717, 1.165) is 25.9 Å². The van der Waals surface area contributed by atoms with Gasteiger partial charge >= 0.3 is 0 Å². The van der Waals surface area contributed by atoms with Crippen molar-refractivity contribution in [2.24, 2.45) is 0 Å². The lowest BCUT2D eigenvalue weighted by atomic mass is 10.1. The van der Waals surface area contributed by atoms with Crippen LogP contribution >= 0.6 is 0 Å². The topological polar surface area (TPSA) is 37.2 Å². The number of fused-ring (bicyclic) bond motifs is 1. The zero-order valence-electron chi connectivity index (χ0n) is 10.3. The molecule has 2 rings (SSSR count). The van der Waals surface area contributed by atoms with Crippen LogP contribution in [0.2, 0.25) is 0 Å². The molecule has 0 saturated carbocycles. The summed E-state index contributed by atoms with van der Waals surface area (Å²) in [5.74, 6) is 0. The van der Waals surface area contributed by atoms with E-state index in [1.807, 2.05) is 7.05 Å². The first-order valence-corrected chi connectivity index (χ1v) is 6.18. The maximum Gasteiger partial charge on any atom is 0.0483 e. The predicted molar refractivity (Wildman–Crippen MR) is 71.0 cm³/mol. The fraction of sp³-hybridized carbons (Fsp3) is 0.429. The Balaban J connectivity index is 2.20. The molecular formula is C14H20N2O. The molecular weight excluding hydrogens is 212 g/mol. The number of aliphatic hydroxyl groups excluding tert-OH is 1. The van der Waals surface area contributed by atoms with E-state index in [1.165, 1.54) is 16.5 Å². The van der Waals surface area contributed by atoms with Gasteiger partial charge in [0.25, 0.3) is 0 Å². The largest absolute Gasteiger partial charge is 0.396 e. The summed E-state index contributed by atoms with van der Waals surface area (Å²) >= 11 is 0. The maximum absolute atomic E-state index is 8.80. The fourth-order valence-corrected chi connectivity index (χ4v) is 2.13. The van der Waals surface area contributed by atoms with Gasteiger partial charge in [0.1, 0.15) is 0 Å². The smallest absolute Gasteiger partial charge is 0.0483 e. The normalized spacial score (nSPS) is 11.2. The van der Waals surface area contributed by atoms with Gasteiger partial charge in [-0.25, -0.2) is 0 Å². The van der Waals surface area contributed by atoms with Gasteiger partial charge in [0, 0.05) is 31.4 Å². The number of aliphatic hydroxyl groups is 1. The molecule has 3 heteroatoms. The minimum Gasteiger partial charge on any atom is -0.396 e. The van der Waals surface area contributed by atoms with Gasteiger partial charge in [-0.05, 0) is 43.0 Å². The lowest BCUT2D eigenvalue weighted by Gasteiger charge is -2.06. The number of nitrogens with zero attached hydrogens (tertiary/aromatic N) is 1. The molecule has 2 N–H and O–H groups in total. The minimum atomic E-state index is 0.282. The van der Waals surface area contributed by atoms with Crippen molar-refractivity contribution in [1.29, 1.82) is 0 Å². The molecule has 0 amide bonds. The van der Waals surface area contributed by atoms with Crippen LogP contribution in [0.5, 0.6) is 0 Å². The van der Waals surface area contributed by atoms with Gasteiger partial charge in [-0.3, -0.25) is 0 Å². The third-order valence-corrected chi connectivity index (χ3v) is 3.03. The van der Waals surface area contributed by atoms with Gasteiger partial charge in [-0.2, -0.15) is 0 Å². The Morgan fingerprint density at radius 2 is 2.12 bits per heavy atom. The number of aromatic nitrogens is 1. The van der Waals surface area contributed by atoms with Crippen LogP contribution in [0.25, 0.3) is 10.9 Å². The highest BCUT2D eigenvalue weighted by molar-refractivity contribution is 5.80. The Hall–Kier alpha value is -1.32. The summed E-state index contributed by atoms with van der Waals surface area (Å²) in [5.41, 5.74) is 2.60. The second-order valence-electron chi connectivity index (χ2n) is 4.36. The van der Waals surface area contributed by atoms with E-state index in [0.29, 0.717) is 0 Å². The SMILES string of the molecule is CNCc1ccc2ccn(CCCCO)c2c1. The predicted octanol–water partition coefficient (Wildman–Crippen LogP) is 2.13. The number of aryl methyl sites for hydroxylation is 1. The van der Waals surface area contributed by atoms with Crippen molar-refractivity contribution in [2.75, 3.05) is 13.7 Å². The monoisotopic (exact) mass is 232 g/mol. The molecule has 1 aromatic carbocycles. The number of benzene rings is 1. The summed E-state index contributed by atoms with van der Waals surface area (Å²) in [6, 6.07) is 8.73. The molecule has 92 valence electrons. The van der Waals surface area contributed by atoms with Crippen LogP contribution < -0.4 is 5.32 Å². The zero-order valence-corrected chi connectivity index (χ0v) is 10.3. The van der Waals surface area contributed by atoms with E-state index in [2.05, 4.69) is 40.3 Å². The van der Waals surface area contributed by atoms with E-state index in [9.17, 15) is 0 Å². The van der Waals surface area contributed by atoms with Crippen LogP contribution in [-0.2, 0) is 13.1 Å². The van der Waals surface area contributed by atoms with Gasteiger partial charge in [-0.1, -0.05) is 12.1 Å². The minimum absolute atomic E-state index is 0.282. The molecule has 0 saturated heterocycles. The third-order valence-electron chi connectivity index (χ3n) is 3.03. The fourth-order valence-electron chi connectivity index (χ4n) is 2.13. The first-order valence-electron chi connectivity index (χ1n) is 6.18. The molecule has 0 aliphatic rings. The summed E-state index contributed by atoms with van der Waals surface area (Å²) < 4.78 is 2.27. The first kappa shape index (κ1) is 12.1. The average molecular weight is 232 g/mol. The molecule has 0 fully saturated rings. The highest BCUT2D eigenvalue weighted by Crippen LogP contribution is 2.18. The summed E-state index contributed by atoms with van der Waals surface area (Å²) in [4.78, 5) is 0. The quantitative estimate of drug-likeness (QED) is 0.749. The molecule has 0 unspecified atom stereocenters. The van der Waals surface area contributed by atoms with Gasteiger partial charge in [-0.15, -0.1) is 0 Å². The van der Waals surface area contributed by atoms with Crippen molar-refractivity contribution < 1.29 is 5.11 Å². The number of nitrogens with one attached hydrogen (secondary N) is 1. The lowest BCUT2D eigenvalue weighted by molar-refractivity contribution is 0.281. The number of hydrogen-bond donors (Lipinski definition) is 2. The second-order valence-corrected chi connectivity index (χ2v) is 4.36. The number of rotatable bonds is 6. The van der Waals surface area contributed by atoms with E-state index in [-0.39, 0.29) is 6.61 Å². The summed E-state index contributed by atoms with van der Waals surface area (Å²) in [5, 5.41) is 13.3. The van der Waals surface area contributed by atoms with Crippen molar-refractivity contribution >= 4 is 10.9 Å². The van der Waals surface area contributed by atoms with E-state index in [1.54, 1.807) is 0 Å². The van der Waals surface area contributed by atoms with E-state index >= 15 is 0 Å². The summed E-state index contributed by atoms with van der Waals surface area (Å²) in [6.07, 6.45) is 4.03. The molecule has 0 bridgehead atoms. The van der Waals surface area contributed by atoms with Crippen LogP contribution in [0.4, 0.5) is 0 Å². The van der Waals surface area contributed by atoms with Crippen LogP contribution in [0, 0.1) is 0 Å². The van der Waals surface area contributed by atoms with Crippen molar-refractivity contribution in [2.45, 2.75) is 25.9 Å². The van der Waals surface area contributed by atoms with Crippen molar-refractivity contribution in [3.8, 4) is 0 Å². The molecule has 17 heavy (non-hydrogen) atoms. The standard InChI is InChI=1S/C14H20N2O/c1-15-11-12-4-5-13-6-8-16(14(13)10-12)7-2-3-9-17/h4-6,8,10,15,17H,2-3,7,9,11H2,1H3. The number of hydrogen-bond acceptors (Lipinski definition) is 2. The third kappa shape index (κ3) is 2.87. The molecule has 2 aromatic rings. The Kier molecular flexibility index (Phi) is 4.18. The highest BCUT2D eigenvalue weighted by Gasteiger charge is 2.02. The average Bonchev–Trinajstić information content (AvgIpc) is 2.73. The van der Waals surface area contributed by atoms with Crippen molar-refractivity contribution in [1.82, 2.24) is 9.88 Å². The van der Waals surface area contributed by atoms with Crippen LogP contribution in [0.15, 0.2) is 30.5 Å². The van der Waals surface area contributed by atoms with Gasteiger partial charge in [0.2, 0.25) is 0 Å². The number of unbranched alkanes of at least 4 members (excludes halogenated alkanes) is 1. The van der Waals surface area contributed by atoms with Gasteiger partial charge in [0.05, 0.1) is 0 Å². The van der Waals surface area contributed by atoms with Crippen molar-refractivity contribution in [3.63, 3.8) is 0 Å². The maximum atomic E-state index is 8.80. The Morgan fingerprint density at radius 1 is 1.24 bits per heavy atom. The molecule has 1 aromatic heterocycles. The molecule has 1 heterocycles. The van der Waals surface area contributed by atoms with Crippen LogP contribution in [0.1, 0.15) is 18.4 Å². The van der Waals surface area contributed by atoms with Gasteiger partial charge < -0.3 is 15.0 Å². The molecule has 0 spiro atoms. The molecule has 0 atom stereocenters. The van der Waals surface area contributed by atoms with Gasteiger partial charge in [0.15, 0.2) is 0 Å².